The third kappa shape index (κ3) is 5.32. The van der Waals surface area contributed by atoms with E-state index in [1.807, 2.05) is 26.1 Å². The lowest BCUT2D eigenvalue weighted by molar-refractivity contribution is -0.127. The number of likely N-dealkylation sites (tertiary alicyclic amines) is 1. The van der Waals surface area contributed by atoms with Crippen LogP contribution in [-0.2, 0) is 21.4 Å². The first-order chi connectivity index (χ1) is 18.1. The van der Waals surface area contributed by atoms with E-state index in [9.17, 15) is 18.3 Å². The Balaban J connectivity index is 1.43. The maximum absolute atomic E-state index is 13.8. The van der Waals surface area contributed by atoms with Gasteiger partial charge in [-0.15, -0.1) is 0 Å². The zero-order chi connectivity index (χ0) is 27.1. The molecule has 1 spiro atoms. The molecular weight excluding hydrogens is 504 g/mol. The molecule has 2 saturated heterocycles. The second kappa shape index (κ2) is 10.6. The average molecular weight is 543 g/mol. The van der Waals surface area contributed by atoms with Crippen molar-refractivity contribution in [1.29, 1.82) is 0 Å². The highest BCUT2D eigenvalue weighted by Gasteiger charge is 2.47. The number of rotatable bonds is 3. The molecule has 0 saturated carbocycles. The zero-order valence-corrected chi connectivity index (χ0v) is 23.2. The van der Waals surface area contributed by atoms with E-state index in [4.69, 9.17) is 4.74 Å². The quantitative estimate of drug-likeness (QED) is 0.613. The summed E-state index contributed by atoms with van der Waals surface area (Å²) in [5, 5.41) is 13.7. The minimum Gasteiger partial charge on any atom is -0.492 e. The minimum atomic E-state index is -4.06. The summed E-state index contributed by atoms with van der Waals surface area (Å²) in [5.41, 5.74) is 2.67. The van der Waals surface area contributed by atoms with Crippen molar-refractivity contribution in [3.8, 4) is 5.75 Å². The number of benzene rings is 1. The van der Waals surface area contributed by atoms with Crippen molar-refractivity contribution in [3.05, 3.63) is 53.3 Å². The Kier molecular flexibility index (Phi) is 7.52. The van der Waals surface area contributed by atoms with E-state index in [-0.39, 0.29) is 36.3 Å². The van der Waals surface area contributed by atoms with E-state index in [2.05, 4.69) is 28.2 Å². The lowest BCUT2D eigenvalue weighted by atomic mass is 9.84. The van der Waals surface area contributed by atoms with E-state index >= 15 is 0 Å². The summed E-state index contributed by atoms with van der Waals surface area (Å²) < 4.78 is 34.9. The minimum absolute atomic E-state index is 0.0466. The summed E-state index contributed by atoms with van der Waals surface area (Å²) in [7, 11) is -4.06. The van der Waals surface area contributed by atoms with Gasteiger partial charge in [-0.2, -0.15) is 4.31 Å². The van der Waals surface area contributed by atoms with Crippen molar-refractivity contribution in [2.75, 3.05) is 26.2 Å². The van der Waals surface area contributed by atoms with Gasteiger partial charge in [0, 0.05) is 50.8 Å². The van der Waals surface area contributed by atoms with Gasteiger partial charge in [0.15, 0.2) is 0 Å². The van der Waals surface area contributed by atoms with Gasteiger partial charge in [0.2, 0.25) is 15.9 Å². The molecule has 10 heteroatoms. The number of piperidine rings is 1. The predicted octanol–water partition coefficient (Wildman–Crippen LogP) is 2.57. The standard InChI is InChI=1S/C28H38N4O5S/c1-19(2)21-6-7-26-25(15-21)37-14-10-28(30-27(34)24-16-22(33)17-32(24)38(26,35)36)8-12-31(13-9-28)18-23-20(3)5-4-11-29-23/h4-7,11,15,19,22,24,33H,8-10,12-14,16-18H2,1-3H3,(H,30,34)/t22-,24+/m1/s1. The summed E-state index contributed by atoms with van der Waals surface area (Å²) in [5.74, 6) is 0.165. The van der Waals surface area contributed by atoms with Crippen molar-refractivity contribution >= 4 is 15.9 Å². The van der Waals surface area contributed by atoms with Crippen LogP contribution >= 0.6 is 0 Å². The Hall–Kier alpha value is -2.53. The van der Waals surface area contributed by atoms with E-state index in [1.54, 1.807) is 18.2 Å². The third-order valence-electron chi connectivity index (χ3n) is 8.29. The molecule has 3 aliphatic heterocycles. The number of aromatic nitrogens is 1. The third-order valence-corrected chi connectivity index (χ3v) is 10.2. The highest BCUT2D eigenvalue weighted by Crippen LogP contribution is 2.36. The van der Waals surface area contributed by atoms with Crippen LogP contribution in [0.15, 0.2) is 41.4 Å². The van der Waals surface area contributed by atoms with Gasteiger partial charge < -0.3 is 15.2 Å². The molecule has 2 aromatic rings. The van der Waals surface area contributed by atoms with E-state index in [0.29, 0.717) is 12.2 Å². The number of hydrogen-bond donors (Lipinski definition) is 2. The van der Waals surface area contributed by atoms with Gasteiger partial charge in [-0.25, -0.2) is 8.42 Å². The van der Waals surface area contributed by atoms with Crippen LogP contribution < -0.4 is 10.1 Å². The fourth-order valence-electron chi connectivity index (χ4n) is 5.80. The van der Waals surface area contributed by atoms with Gasteiger partial charge in [0.05, 0.1) is 18.4 Å². The molecule has 206 valence electrons. The lowest BCUT2D eigenvalue weighted by Crippen LogP contribution is -2.59. The molecule has 1 amide bonds. The first kappa shape index (κ1) is 27.1. The number of aliphatic hydroxyl groups is 1. The monoisotopic (exact) mass is 542 g/mol. The van der Waals surface area contributed by atoms with Gasteiger partial charge in [-0.05, 0) is 55.0 Å². The number of carbonyl (C=O) groups is 1. The Labute approximate surface area is 225 Å². The SMILES string of the molecule is Cc1cccnc1CN1CCC2(CCOc3cc(C(C)C)ccc3S(=O)(=O)N3C[C@H](O)C[C@H]3C(=O)N2)CC1. The number of carbonyl (C=O) groups excluding carboxylic acids is 1. The molecule has 0 bridgehead atoms. The number of pyridine rings is 1. The van der Waals surface area contributed by atoms with Crippen LogP contribution in [0, 0.1) is 6.92 Å². The van der Waals surface area contributed by atoms with Crippen LogP contribution in [-0.4, -0.2) is 77.5 Å². The van der Waals surface area contributed by atoms with Gasteiger partial charge >= 0.3 is 0 Å². The van der Waals surface area contributed by atoms with Crippen molar-refractivity contribution < 1.29 is 23.1 Å². The summed E-state index contributed by atoms with van der Waals surface area (Å²) in [4.78, 5) is 20.5. The Bertz CT molecular complexity index is 1290. The second-order valence-electron chi connectivity index (χ2n) is 11.3. The number of nitrogens with one attached hydrogen (secondary N) is 1. The molecule has 0 aliphatic carbocycles. The lowest BCUT2D eigenvalue weighted by Gasteiger charge is -2.43. The number of aryl methyl sites for hydroxylation is 1. The van der Waals surface area contributed by atoms with Crippen LogP contribution in [0.5, 0.6) is 5.75 Å². The first-order valence-electron chi connectivity index (χ1n) is 13.5. The van der Waals surface area contributed by atoms with Crippen LogP contribution in [0.2, 0.25) is 0 Å². The topological polar surface area (TPSA) is 112 Å². The van der Waals surface area contributed by atoms with Crippen LogP contribution in [0.4, 0.5) is 0 Å². The molecule has 1 aromatic carbocycles. The molecule has 9 nitrogen and oxygen atoms in total. The fraction of sp³-hybridized carbons (Fsp3) is 0.571. The largest absolute Gasteiger partial charge is 0.492 e. The maximum atomic E-state index is 13.8. The van der Waals surface area contributed by atoms with Gasteiger partial charge in [-0.3, -0.25) is 14.7 Å². The van der Waals surface area contributed by atoms with E-state index < -0.39 is 27.7 Å². The molecule has 5 rings (SSSR count). The molecule has 1 aromatic heterocycles. The second-order valence-corrected chi connectivity index (χ2v) is 13.1. The highest BCUT2D eigenvalue weighted by atomic mass is 32.2. The van der Waals surface area contributed by atoms with Gasteiger partial charge in [0.1, 0.15) is 16.7 Å². The summed E-state index contributed by atoms with van der Waals surface area (Å²) in [6, 6.07) is 8.22. The zero-order valence-electron chi connectivity index (χ0n) is 22.4. The van der Waals surface area contributed by atoms with Crippen molar-refractivity contribution in [2.45, 2.75) is 81.5 Å². The maximum Gasteiger partial charge on any atom is 0.247 e. The Morgan fingerprint density at radius 3 is 2.68 bits per heavy atom. The molecule has 2 fully saturated rings. The highest BCUT2D eigenvalue weighted by molar-refractivity contribution is 7.89. The molecule has 2 atom stereocenters. The predicted molar refractivity (Wildman–Crippen MR) is 143 cm³/mol. The Morgan fingerprint density at radius 2 is 1.97 bits per heavy atom. The molecule has 38 heavy (non-hydrogen) atoms. The van der Waals surface area contributed by atoms with Crippen LogP contribution in [0.3, 0.4) is 0 Å². The van der Waals surface area contributed by atoms with Crippen LogP contribution in [0.25, 0.3) is 0 Å². The first-order valence-corrected chi connectivity index (χ1v) is 14.9. The van der Waals surface area contributed by atoms with Gasteiger partial charge in [-0.1, -0.05) is 26.0 Å². The summed E-state index contributed by atoms with van der Waals surface area (Å²) in [6.07, 6.45) is 2.99. The number of aliphatic hydroxyl groups excluding tert-OH is 1. The molecule has 2 N–H and O–H groups in total. The normalized spacial score (nSPS) is 25.8. The van der Waals surface area contributed by atoms with Crippen LogP contribution in [0.1, 0.15) is 62.3 Å². The molecule has 3 aliphatic rings. The number of sulfonamides is 1. The van der Waals surface area contributed by atoms with Crippen molar-refractivity contribution in [1.82, 2.24) is 19.5 Å². The molecular formula is C28H38N4O5S. The van der Waals surface area contributed by atoms with Crippen molar-refractivity contribution in [3.63, 3.8) is 0 Å². The summed E-state index contributed by atoms with van der Waals surface area (Å²) in [6.45, 7) is 8.64. The number of fused-ring (bicyclic) bond motifs is 2. The average Bonchev–Trinajstić information content (AvgIpc) is 3.29. The molecule has 0 radical (unpaired) electrons. The number of amides is 1. The fourth-order valence-corrected chi connectivity index (χ4v) is 7.55. The number of nitrogens with zero attached hydrogens (tertiary/aromatic N) is 3. The number of ether oxygens (including phenoxy) is 1. The van der Waals surface area contributed by atoms with E-state index in [0.717, 1.165) is 53.6 Å². The Morgan fingerprint density at radius 1 is 1.21 bits per heavy atom. The van der Waals surface area contributed by atoms with E-state index in [1.165, 1.54) is 0 Å². The van der Waals surface area contributed by atoms with Gasteiger partial charge in [0.25, 0.3) is 0 Å². The summed E-state index contributed by atoms with van der Waals surface area (Å²) >= 11 is 0. The number of hydrogen-bond acceptors (Lipinski definition) is 7. The van der Waals surface area contributed by atoms with Crippen molar-refractivity contribution in [2.24, 2.45) is 0 Å². The molecule has 4 heterocycles. The smallest absolute Gasteiger partial charge is 0.247 e. The molecule has 0 unspecified atom stereocenters.